The highest BCUT2D eigenvalue weighted by Crippen LogP contribution is 2.38. The van der Waals surface area contributed by atoms with Crippen LogP contribution in [-0.4, -0.2) is 54.2 Å². The maximum absolute atomic E-state index is 11.8. The molecule has 3 aliphatic rings. The third-order valence-corrected chi connectivity index (χ3v) is 7.09. The zero-order valence-corrected chi connectivity index (χ0v) is 19.6. The first-order valence-corrected chi connectivity index (χ1v) is 12.2. The molecule has 1 aromatic heterocycles. The van der Waals surface area contributed by atoms with Gasteiger partial charge in [0.2, 0.25) is 5.95 Å². The van der Waals surface area contributed by atoms with E-state index in [9.17, 15) is 4.79 Å². The molecule has 0 radical (unpaired) electrons. The Kier molecular flexibility index (Phi) is 6.46. The van der Waals surface area contributed by atoms with E-state index < -0.39 is 6.09 Å². The van der Waals surface area contributed by atoms with E-state index >= 15 is 0 Å². The average Bonchev–Trinajstić information content (AvgIpc) is 3.67. The van der Waals surface area contributed by atoms with Gasteiger partial charge in [-0.3, -0.25) is 9.80 Å². The number of nitrogens with zero attached hydrogens (tertiary/aromatic N) is 4. The van der Waals surface area contributed by atoms with Crippen LogP contribution >= 0.6 is 0 Å². The van der Waals surface area contributed by atoms with Gasteiger partial charge in [0.1, 0.15) is 12.4 Å². The molecule has 1 aromatic carbocycles. The number of fused-ring (bicyclic) bond motifs is 1. The molecule has 176 valence electrons. The highest BCUT2D eigenvalue weighted by Gasteiger charge is 2.27. The van der Waals surface area contributed by atoms with E-state index in [1.54, 1.807) is 13.2 Å². The zero-order chi connectivity index (χ0) is 22.8. The van der Waals surface area contributed by atoms with E-state index in [0.29, 0.717) is 17.8 Å². The topological polar surface area (TPSA) is 82.6 Å². The van der Waals surface area contributed by atoms with Crippen LogP contribution < -0.4 is 15.5 Å². The number of nitrogens with one attached hydrogen (secondary N) is 2. The van der Waals surface area contributed by atoms with E-state index in [1.807, 2.05) is 0 Å². The van der Waals surface area contributed by atoms with Gasteiger partial charge < -0.3 is 15.4 Å². The Bertz CT molecular complexity index is 971. The van der Waals surface area contributed by atoms with E-state index in [0.717, 1.165) is 37.7 Å². The van der Waals surface area contributed by atoms with Crippen molar-refractivity contribution in [1.29, 1.82) is 0 Å². The van der Waals surface area contributed by atoms with Crippen molar-refractivity contribution in [2.24, 2.45) is 5.92 Å². The molecule has 8 nitrogen and oxygen atoms in total. The predicted molar refractivity (Wildman–Crippen MR) is 128 cm³/mol. The molecule has 2 N–H and O–H groups in total. The Hall–Kier alpha value is -2.71. The van der Waals surface area contributed by atoms with Crippen molar-refractivity contribution >= 4 is 17.9 Å². The molecule has 33 heavy (non-hydrogen) atoms. The number of ether oxygens (including phenoxy) is 1. The van der Waals surface area contributed by atoms with Crippen molar-refractivity contribution < 1.29 is 9.53 Å². The normalized spacial score (nSPS) is 20.7. The van der Waals surface area contributed by atoms with Gasteiger partial charge in [-0.15, -0.1) is 0 Å². The number of cyclic esters (lactones) is 1. The van der Waals surface area contributed by atoms with Crippen LogP contribution in [0.3, 0.4) is 0 Å². The Morgan fingerprint density at radius 3 is 2.64 bits per heavy atom. The minimum absolute atomic E-state index is 0.0436. The van der Waals surface area contributed by atoms with Gasteiger partial charge in [0.05, 0.1) is 11.6 Å². The molecule has 2 aromatic rings. The number of carbonyl (C=O) groups excluding carboxylic acids is 1. The highest BCUT2D eigenvalue weighted by molar-refractivity contribution is 5.88. The summed E-state index contributed by atoms with van der Waals surface area (Å²) in [5, 5.41) is 6.86. The predicted octanol–water partition coefficient (Wildman–Crippen LogP) is 3.87. The van der Waals surface area contributed by atoms with Crippen LogP contribution in [-0.2, 0) is 11.3 Å². The minimum atomic E-state index is -0.392. The van der Waals surface area contributed by atoms with Crippen LogP contribution in [0.25, 0.3) is 0 Å². The molecule has 1 saturated heterocycles. The number of rotatable bonds is 8. The Morgan fingerprint density at radius 1 is 1.18 bits per heavy atom. The number of aromatic nitrogens is 2. The fourth-order valence-corrected chi connectivity index (χ4v) is 4.82. The Morgan fingerprint density at radius 2 is 1.91 bits per heavy atom. The summed E-state index contributed by atoms with van der Waals surface area (Å²) in [7, 11) is 1.66. The van der Waals surface area contributed by atoms with Crippen LogP contribution in [0.4, 0.5) is 16.6 Å². The van der Waals surface area contributed by atoms with E-state index in [4.69, 9.17) is 4.74 Å². The standard InChI is InChI=1S/C25H34N6O2/c1-17(28-24-27-15-21-16-33-25(32)30(2)23(21)29-24)19-6-8-20(9-7-19)22(10-5-18-3-4-18)31-13-11-26-12-14-31/h6-9,15,17-18,22,26H,3-5,10-14,16H2,1-2H3,(H,27,28,29)/t17-,22+/m0/s1. The highest BCUT2D eigenvalue weighted by atomic mass is 16.6. The molecule has 0 bridgehead atoms. The number of piperazine rings is 1. The SMILES string of the molecule is C[C@H](Nc1ncc2c(n1)N(C)C(=O)OC2)c1ccc([C@@H](CCC2CC2)N2CCNCC2)cc1. The second kappa shape index (κ2) is 9.65. The maximum atomic E-state index is 11.8. The number of carbonyl (C=O) groups is 1. The number of hydrogen-bond acceptors (Lipinski definition) is 7. The number of hydrogen-bond donors (Lipinski definition) is 2. The van der Waals surface area contributed by atoms with Gasteiger partial charge in [-0.2, -0.15) is 4.98 Å². The molecule has 2 aliphatic heterocycles. The van der Waals surface area contributed by atoms with Gasteiger partial charge in [0, 0.05) is 45.5 Å². The zero-order valence-electron chi connectivity index (χ0n) is 19.6. The molecule has 1 aliphatic carbocycles. The molecule has 0 unspecified atom stereocenters. The summed E-state index contributed by atoms with van der Waals surface area (Å²) in [6.07, 6.45) is 6.75. The lowest BCUT2D eigenvalue weighted by Gasteiger charge is -2.35. The average molecular weight is 451 g/mol. The van der Waals surface area contributed by atoms with E-state index in [2.05, 4.69) is 56.7 Å². The van der Waals surface area contributed by atoms with E-state index in [-0.39, 0.29) is 12.6 Å². The summed E-state index contributed by atoms with van der Waals surface area (Å²) in [5.74, 6) is 2.06. The third kappa shape index (κ3) is 5.12. The third-order valence-electron chi connectivity index (χ3n) is 7.09. The van der Waals surface area contributed by atoms with Gasteiger partial charge in [0.25, 0.3) is 0 Å². The molecule has 3 heterocycles. The van der Waals surface area contributed by atoms with Gasteiger partial charge in [-0.25, -0.2) is 9.78 Å². The van der Waals surface area contributed by atoms with Crippen LogP contribution in [0.5, 0.6) is 0 Å². The summed E-state index contributed by atoms with van der Waals surface area (Å²) in [5.41, 5.74) is 3.41. The molecule has 2 fully saturated rings. The number of benzene rings is 1. The van der Waals surface area contributed by atoms with Crippen LogP contribution in [0.1, 0.15) is 61.4 Å². The quantitative estimate of drug-likeness (QED) is 0.632. The van der Waals surface area contributed by atoms with Gasteiger partial charge in [-0.1, -0.05) is 37.1 Å². The second-order valence-electron chi connectivity index (χ2n) is 9.51. The van der Waals surface area contributed by atoms with Crippen LogP contribution in [0.2, 0.25) is 0 Å². The summed E-state index contributed by atoms with van der Waals surface area (Å²) >= 11 is 0. The largest absolute Gasteiger partial charge is 0.444 e. The Labute approximate surface area is 195 Å². The lowest BCUT2D eigenvalue weighted by molar-refractivity contribution is 0.143. The van der Waals surface area contributed by atoms with Crippen LogP contribution in [0.15, 0.2) is 30.5 Å². The number of anilines is 2. The van der Waals surface area contributed by atoms with Crippen molar-refractivity contribution in [2.75, 3.05) is 43.4 Å². The molecular formula is C25H34N6O2. The molecule has 5 rings (SSSR count). The molecule has 0 spiro atoms. The fraction of sp³-hybridized carbons (Fsp3) is 0.560. The first-order chi connectivity index (χ1) is 16.1. The van der Waals surface area contributed by atoms with Crippen molar-refractivity contribution in [3.8, 4) is 0 Å². The summed E-state index contributed by atoms with van der Waals surface area (Å²) in [6, 6.07) is 9.59. The molecule has 2 atom stereocenters. The fourth-order valence-electron chi connectivity index (χ4n) is 4.82. The second-order valence-corrected chi connectivity index (χ2v) is 9.51. The molecule has 1 saturated carbocycles. The van der Waals surface area contributed by atoms with Crippen molar-refractivity contribution in [1.82, 2.24) is 20.2 Å². The first-order valence-electron chi connectivity index (χ1n) is 12.2. The lowest BCUT2D eigenvalue weighted by Crippen LogP contribution is -2.45. The summed E-state index contributed by atoms with van der Waals surface area (Å²) < 4.78 is 5.09. The summed E-state index contributed by atoms with van der Waals surface area (Å²) in [6.45, 7) is 6.71. The van der Waals surface area contributed by atoms with Gasteiger partial charge >= 0.3 is 6.09 Å². The van der Waals surface area contributed by atoms with Crippen LogP contribution in [0, 0.1) is 5.92 Å². The van der Waals surface area contributed by atoms with Gasteiger partial charge in [-0.05, 0) is 36.8 Å². The first kappa shape index (κ1) is 22.1. The smallest absolute Gasteiger partial charge is 0.415 e. The Balaban J connectivity index is 1.27. The van der Waals surface area contributed by atoms with Crippen molar-refractivity contribution in [2.45, 2.75) is 51.3 Å². The lowest BCUT2D eigenvalue weighted by atomic mass is 9.96. The van der Waals surface area contributed by atoms with Gasteiger partial charge in [0.15, 0.2) is 0 Å². The maximum Gasteiger partial charge on any atom is 0.415 e. The molecule has 8 heteroatoms. The minimum Gasteiger partial charge on any atom is -0.444 e. The van der Waals surface area contributed by atoms with E-state index in [1.165, 1.54) is 41.7 Å². The monoisotopic (exact) mass is 450 g/mol. The van der Waals surface area contributed by atoms with Crippen molar-refractivity contribution in [3.63, 3.8) is 0 Å². The summed E-state index contributed by atoms with van der Waals surface area (Å²) in [4.78, 5) is 24.9. The number of amides is 1. The molecular weight excluding hydrogens is 416 g/mol. The van der Waals surface area contributed by atoms with Crippen molar-refractivity contribution in [3.05, 3.63) is 47.2 Å². The molecule has 1 amide bonds.